The van der Waals surface area contributed by atoms with E-state index in [1.165, 1.54) is 0 Å². The number of H-pyrrole nitrogens is 1. The molecule has 1 atom stereocenters. The molecule has 0 saturated heterocycles. The van der Waals surface area contributed by atoms with Crippen LogP contribution < -0.4 is 5.63 Å². The highest BCUT2D eigenvalue weighted by molar-refractivity contribution is 6.30. The fourth-order valence-electron chi connectivity index (χ4n) is 3.89. The van der Waals surface area contributed by atoms with Crippen molar-refractivity contribution in [2.45, 2.75) is 5.92 Å². The third-order valence-corrected chi connectivity index (χ3v) is 5.50. The number of halogens is 1. The fourth-order valence-corrected chi connectivity index (χ4v) is 4.02. The van der Waals surface area contributed by atoms with Gasteiger partial charge in [0.15, 0.2) is 0 Å². The van der Waals surface area contributed by atoms with E-state index >= 15 is 0 Å². The highest BCUT2D eigenvalue weighted by Crippen LogP contribution is 2.40. The number of aromatic hydroxyl groups is 1. The van der Waals surface area contributed by atoms with Gasteiger partial charge in [-0.3, -0.25) is 0 Å². The number of hydrogen-bond donors (Lipinski definition) is 2. The number of rotatable bonds is 3. The van der Waals surface area contributed by atoms with Gasteiger partial charge in [-0.2, -0.15) is 0 Å². The Hall–Kier alpha value is -3.50. The van der Waals surface area contributed by atoms with E-state index in [0.29, 0.717) is 16.0 Å². The first kappa shape index (κ1) is 17.6. The summed E-state index contributed by atoms with van der Waals surface area (Å²) >= 11 is 6.09. The molecule has 0 saturated carbocycles. The second-order valence-electron chi connectivity index (χ2n) is 6.92. The molecule has 2 N–H and O–H groups in total. The number of hydrogen-bond acceptors (Lipinski definition) is 3. The van der Waals surface area contributed by atoms with Gasteiger partial charge < -0.3 is 14.5 Å². The summed E-state index contributed by atoms with van der Waals surface area (Å²) in [5.41, 5.74) is 2.65. The molecule has 0 amide bonds. The smallest absolute Gasteiger partial charge is 0.344 e. The predicted octanol–water partition coefficient (Wildman–Crippen LogP) is 5.81. The molecule has 0 aliphatic rings. The molecule has 2 aromatic heterocycles. The van der Waals surface area contributed by atoms with Gasteiger partial charge in [0, 0.05) is 28.0 Å². The minimum Gasteiger partial charge on any atom is -0.507 e. The molecule has 5 rings (SSSR count). The maximum atomic E-state index is 13.0. The average molecular weight is 402 g/mol. The quantitative estimate of drug-likeness (QED) is 0.375. The molecule has 0 fully saturated rings. The number of aromatic nitrogens is 1. The lowest BCUT2D eigenvalue weighted by atomic mass is 9.85. The molecule has 4 nitrogen and oxygen atoms in total. The van der Waals surface area contributed by atoms with Crippen LogP contribution in [0, 0.1) is 0 Å². The van der Waals surface area contributed by atoms with Crippen molar-refractivity contribution < 1.29 is 9.52 Å². The normalized spacial score (nSPS) is 12.4. The van der Waals surface area contributed by atoms with E-state index in [9.17, 15) is 9.90 Å². The van der Waals surface area contributed by atoms with E-state index < -0.39 is 11.5 Å². The minimum atomic E-state index is -0.563. The van der Waals surface area contributed by atoms with Crippen molar-refractivity contribution in [2.24, 2.45) is 0 Å². The summed E-state index contributed by atoms with van der Waals surface area (Å²) in [5.74, 6) is -0.591. The highest BCUT2D eigenvalue weighted by atomic mass is 35.5. The van der Waals surface area contributed by atoms with Crippen molar-refractivity contribution >= 4 is 33.5 Å². The van der Waals surface area contributed by atoms with E-state index in [1.807, 2.05) is 42.6 Å². The molecule has 0 bridgehead atoms. The lowest BCUT2D eigenvalue weighted by molar-refractivity contribution is 0.455. The SMILES string of the molecule is O=c1oc2ccccc2c(O)c1C(c1ccc(Cl)cc1)c1c[nH]c2ccccc12. The van der Waals surface area contributed by atoms with Gasteiger partial charge >= 0.3 is 5.63 Å². The molecule has 29 heavy (non-hydrogen) atoms. The van der Waals surface area contributed by atoms with Crippen LogP contribution in [0.15, 0.2) is 88.2 Å². The van der Waals surface area contributed by atoms with Gasteiger partial charge in [0.1, 0.15) is 11.3 Å². The first-order chi connectivity index (χ1) is 14.1. The zero-order valence-corrected chi connectivity index (χ0v) is 16.0. The largest absolute Gasteiger partial charge is 0.507 e. The van der Waals surface area contributed by atoms with E-state index in [4.69, 9.17) is 16.0 Å². The molecule has 2 heterocycles. The van der Waals surface area contributed by atoms with Crippen LogP contribution in [0.2, 0.25) is 5.02 Å². The molecule has 3 aromatic carbocycles. The summed E-state index contributed by atoms with van der Waals surface area (Å²) in [6, 6.07) is 22.1. The summed E-state index contributed by atoms with van der Waals surface area (Å²) in [6.45, 7) is 0. The molecule has 0 aliphatic carbocycles. The molecular weight excluding hydrogens is 386 g/mol. The second-order valence-corrected chi connectivity index (χ2v) is 7.36. The maximum absolute atomic E-state index is 13.0. The monoisotopic (exact) mass is 401 g/mol. The van der Waals surface area contributed by atoms with Gasteiger partial charge in [-0.15, -0.1) is 0 Å². The van der Waals surface area contributed by atoms with E-state index in [0.717, 1.165) is 22.0 Å². The Morgan fingerprint density at radius 1 is 0.897 bits per heavy atom. The van der Waals surface area contributed by atoms with Crippen LogP contribution in [0.1, 0.15) is 22.6 Å². The van der Waals surface area contributed by atoms with Crippen LogP contribution in [-0.4, -0.2) is 10.1 Å². The van der Waals surface area contributed by atoms with Crippen LogP contribution in [0.3, 0.4) is 0 Å². The molecule has 1 unspecified atom stereocenters. The Balaban J connectivity index is 1.85. The van der Waals surface area contributed by atoms with Crippen LogP contribution in [-0.2, 0) is 0 Å². The molecule has 5 aromatic rings. The Bertz CT molecular complexity index is 1400. The topological polar surface area (TPSA) is 66.2 Å². The molecule has 5 heteroatoms. The lowest BCUT2D eigenvalue weighted by Gasteiger charge is -2.18. The van der Waals surface area contributed by atoms with Crippen molar-refractivity contribution in [3.8, 4) is 5.75 Å². The number of fused-ring (bicyclic) bond motifs is 2. The van der Waals surface area contributed by atoms with Gasteiger partial charge in [0.25, 0.3) is 0 Å². The van der Waals surface area contributed by atoms with E-state index in [2.05, 4.69) is 4.98 Å². The van der Waals surface area contributed by atoms with E-state index in [1.54, 1.807) is 36.4 Å². The Morgan fingerprint density at radius 2 is 1.59 bits per heavy atom. The number of para-hydroxylation sites is 2. The maximum Gasteiger partial charge on any atom is 0.344 e. The minimum absolute atomic E-state index is 0.0675. The van der Waals surface area contributed by atoms with Gasteiger partial charge in [-0.05, 0) is 41.5 Å². The average Bonchev–Trinajstić information content (AvgIpc) is 3.16. The van der Waals surface area contributed by atoms with Crippen LogP contribution >= 0.6 is 11.6 Å². The summed E-state index contributed by atoms with van der Waals surface area (Å²) in [6.07, 6.45) is 1.87. The van der Waals surface area contributed by atoms with Crippen LogP contribution in [0.25, 0.3) is 21.9 Å². The second kappa shape index (κ2) is 6.83. The van der Waals surface area contributed by atoms with Crippen LogP contribution in [0.4, 0.5) is 0 Å². The lowest BCUT2D eigenvalue weighted by Crippen LogP contribution is -2.15. The number of aromatic amines is 1. The Labute approximate surface area is 171 Å². The van der Waals surface area contributed by atoms with E-state index in [-0.39, 0.29) is 11.3 Å². The first-order valence-electron chi connectivity index (χ1n) is 9.19. The summed E-state index contributed by atoms with van der Waals surface area (Å²) in [5, 5.41) is 13.2. The summed E-state index contributed by atoms with van der Waals surface area (Å²) < 4.78 is 5.56. The van der Waals surface area contributed by atoms with Gasteiger partial charge in [-0.1, -0.05) is 54.1 Å². The molecule has 0 radical (unpaired) electrons. The Kier molecular flexibility index (Phi) is 4.14. The summed E-state index contributed by atoms with van der Waals surface area (Å²) in [4.78, 5) is 16.3. The zero-order valence-electron chi connectivity index (χ0n) is 15.2. The van der Waals surface area contributed by atoms with Crippen molar-refractivity contribution in [3.05, 3.63) is 111 Å². The zero-order chi connectivity index (χ0) is 20.0. The third-order valence-electron chi connectivity index (χ3n) is 5.24. The molecule has 0 spiro atoms. The summed E-state index contributed by atoms with van der Waals surface area (Å²) in [7, 11) is 0. The van der Waals surface area contributed by atoms with Crippen molar-refractivity contribution in [2.75, 3.05) is 0 Å². The van der Waals surface area contributed by atoms with Crippen molar-refractivity contribution in [1.82, 2.24) is 4.98 Å². The predicted molar refractivity (Wildman–Crippen MR) is 115 cm³/mol. The molecular formula is C24H16ClNO3. The fraction of sp³-hybridized carbons (Fsp3) is 0.0417. The molecule has 142 valence electrons. The number of nitrogens with one attached hydrogen (secondary N) is 1. The van der Waals surface area contributed by atoms with Gasteiger partial charge in [0.2, 0.25) is 0 Å². The standard InChI is InChI=1S/C24H16ClNO3/c25-15-11-9-14(10-12-15)21(18-13-26-19-7-3-1-5-16(18)19)22-23(27)17-6-2-4-8-20(17)29-24(22)28/h1-13,21,26-27H. The van der Waals surface area contributed by atoms with Crippen molar-refractivity contribution in [3.63, 3.8) is 0 Å². The Morgan fingerprint density at radius 3 is 2.38 bits per heavy atom. The van der Waals surface area contributed by atoms with Crippen molar-refractivity contribution in [1.29, 1.82) is 0 Å². The third kappa shape index (κ3) is 2.89. The number of benzene rings is 3. The molecule has 0 aliphatic heterocycles. The van der Waals surface area contributed by atoms with Crippen LogP contribution in [0.5, 0.6) is 5.75 Å². The van der Waals surface area contributed by atoms with Gasteiger partial charge in [0.05, 0.1) is 10.9 Å². The first-order valence-corrected chi connectivity index (χ1v) is 9.57. The highest BCUT2D eigenvalue weighted by Gasteiger charge is 2.28. The van der Waals surface area contributed by atoms with Gasteiger partial charge in [-0.25, -0.2) is 4.79 Å².